The first kappa shape index (κ1) is 32.3. The lowest BCUT2D eigenvalue weighted by Crippen LogP contribution is -1.96. The number of benzene rings is 8. The molecular formula is C52H32N2OS. The van der Waals surface area contributed by atoms with Crippen LogP contribution < -0.4 is 0 Å². The monoisotopic (exact) mass is 732 g/mol. The lowest BCUT2D eigenvalue weighted by atomic mass is 9.93. The smallest absolute Gasteiger partial charge is 0.160 e. The summed E-state index contributed by atoms with van der Waals surface area (Å²) >= 11 is 1.85. The zero-order chi connectivity index (χ0) is 37.0. The number of thiophene rings is 1. The fraction of sp³-hybridized carbons (Fsp3) is 0. The number of para-hydroxylation sites is 2. The molecule has 0 radical (unpaired) electrons. The molecule has 0 spiro atoms. The molecule has 11 aromatic rings. The Morgan fingerprint density at radius 3 is 1.75 bits per heavy atom. The highest BCUT2D eigenvalue weighted by Gasteiger charge is 2.17. The largest absolute Gasteiger partial charge is 0.455 e. The quantitative estimate of drug-likeness (QED) is 0.171. The van der Waals surface area contributed by atoms with Gasteiger partial charge in [-0.05, 0) is 70.3 Å². The first-order valence-corrected chi connectivity index (χ1v) is 19.6. The molecule has 0 aliphatic carbocycles. The Morgan fingerprint density at radius 1 is 0.339 bits per heavy atom. The van der Waals surface area contributed by atoms with Gasteiger partial charge in [-0.1, -0.05) is 152 Å². The number of hydrogen-bond donors (Lipinski definition) is 0. The Kier molecular flexibility index (Phi) is 7.68. The van der Waals surface area contributed by atoms with Crippen molar-refractivity contribution in [2.45, 2.75) is 0 Å². The molecule has 11 rings (SSSR count). The van der Waals surface area contributed by atoms with E-state index in [1.807, 2.05) is 41.7 Å². The lowest BCUT2D eigenvalue weighted by molar-refractivity contribution is 0.670. The summed E-state index contributed by atoms with van der Waals surface area (Å²) < 4.78 is 9.15. The summed E-state index contributed by atoms with van der Waals surface area (Å²) in [5, 5.41) is 4.84. The van der Waals surface area contributed by atoms with Crippen LogP contribution in [0.2, 0.25) is 0 Å². The summed E-state index contributed by atoms with van der Waals surface area (Å²) in [7, 11) is 0. The summed E-state index contributed by atoms with van der Waals surface area (Å²) in [6.45, 7) is 0. The first-order valence-electron chi connectivity index (χ1n) is 18.8. The molecule has 262 valence electrons. The fourth-order valence-electron chi connectivity index (χ4n) is 7.90. The topological polar surface area (TPSA) is 38.9 Å². The van der Waals surface area contributed by atoms with Crippen molar-refractivity contribution in [2.24, 2.45) is 0 Å². The molecule has 0 amide bonds. The van der Waals surface area contributed by atoms with Crippen molar-refractivity contribution in [3.63, 3.8) is 0 Å². The zero-order valence-corrected chi connectivity index (χ0v) is 31.0. The molecule has 0 aliphatic rings. The van der Waals surface area contributed by atoms with Crippen LogP contribution in [0.3, 0.4) is 0 Å². The number of rotatable bonds is 6. The van der Waals surface area contributed by atoms with Gasteiger partial charge in [0, 0.05) is 53.2 Å². The van der Waals surface area contributed by atoms with Gasteiger partial charge in [0.1, 0.15) is 11.2 Å². The fourth-order valence-corrected chi connectivity index (χ4v) is 9.05. The summed E-state index contributed by atoms with van der Waals surface area (Å²) in [4.78, 5) is 10.4. The summed E-state index contributed by atoms with van der Waals surface area (Å²) in [5.74, 6) is 0.684. The van der Waals surface area contributed by atoms with E-state index in [4.69, 9.17) is 14.4 Å². The first-order chi connectivity index (χ1) is 27.7. The van der Waals surface area contributed by atoms with Gasteiger partial charge in [-0.3, -0.25) is 0 Å². The van der Waals surface area contributed by atoms with Crippen LogP contribution >= 0.6 is 11.3 Å². The van der Waals surface area contributed by atoms with Crippen LogP contribution in [-0.2, 0) is 0 Å². The van der Waals surface area contributed by atoms with Crippen molar-refractivity contribution in [2.75, 3.05) is 0 Å². The second kappa shape index (κ2) is 13.3. The lowest BCUT2D eigenvalue weighted by Gasteiger charge is -2.13. The van der Waals surface area contributed by atoms with Crippen LogP contribution in [0.5, 0.6) is 0 Å². The molecule has 4 heteroatoms. The van der Waals surface area contributed by atoms with Gasteiger partial charge in [0.05, 0.1) is 11.4 Å². The van der Waals surface area contributed by atoms with Crippen LogP contribution in [0.15, 0.2) is 199 Å². The second-order valence-corrected chi connectivity index (χ2v) is 15.2. The third-order valence-electron chi connectivity index (χ3n) is 10.7. The molecular weight excluding hydrogens is 701 g/mol. The SMILES string of the molecule is c1ccc(-c2cc(-c3cc(-c4ccc(-c5ccc6c(c5)sc5ccccc56)cc4)nc(-c4ccccc4)n3)cc(-c3cccc4c3oc3ccccc34)c2)cc1. The molecule has 3 heterocycles. The average molecular weight is 733 g/mol. The predicted molar refractivity (Wildman–Crippen MR) is 235 cm³/mol. The highest BCUT2D eigenvalue weighted by atomic mass is 32.1. The maximum absolute atomic E-state index is 6.53. The van der Waals surface area contributed by atoms with Crippen molar-refractivity contribution >= 4 is 53.4 Å². The zero-order valence-electron chi connectivity index (χ0n) is 30.2. The molecule has 8 aromatic carbocycles. The van der Waals surface area contributed by atoms with Crippen molar-refractivity contribution in [3.05, 3.63) is 194 Å². The van der Waals surface area contributed by atoms with Crippen LogP contribution in [0, 0.1) is 0 Å². The average Bonchev–Trinajstić information content (AvgIpc) is 3.85. The van der Waals surface area contributed by atoms with Gasteiger partial charge in [0.2, 0.25) is 0 Å². The van der Waals surface area contributed by atoms with Gasteiger partial charge in [-0.15, -0.1) is 11.3 Å². The third-order valence-corrected chi connectivity index (χ3v) is 11.8. The van der Waals surface area contributed by atoms with Crippen molar-refractivity contribution < 1.29 is 4.42 Å². The molecule has 0 saturated carbocycles. The normalized spacial score (nSPS) is 11.6. The van der Waals surface area contributed by atoms with E-state index in [2.05, 4.69) is 164 Å². The molecule has 0 fully saturated rings. The molecule has 56 heavy (non-hydrogen) atoms. The summed E-state index contributed by atoms with van der Waals surface area (Å²) in [6.07, 6.45) is 0. The molecule has 0 unspecified atom stereocenters. The number of hydrogen-bond acceptors (Lipinski definition) is 4. The van der Waals surface area contributed by atoms with E-state index in [0.29, 0.717) is 5.82 Å². The van der Waals surface area contributed by atoms with Gasteiger partial charge >= 0.3 is 0 Å². The highest BCUT2D eigenvalue weighted by molar-refractivity contribution is 7.25. The highest BCUT2D eigenvalue weighted by Crippen LogP contribution is 2.40. The van der Waals surface area contributed by atoms with Crippen LogP contribution in [0.1, 0.15) is 0 Å². The summed E-state index contributed by atoms with van der Waals surface area (Å²) in [6, 6.07) is 68.5. The molecule has 0 aliphatic heterocycles. The molecule has 0 atom stereocenters. The van der Waals surface area contributed by atoms with Gasteiger partial charge in [0.25, 0.3) is 0 Å². The number of nitrogens with zero attached hydrogens (tertiary/aromatic N) is 2. The standard InChI is InChI=1S/C52H32N2OS/c1-3-12-33(13-4-1)38-28-39(41-18-11-19-45-42-16-7-9-20-48(42)55-51(41)45)30-40(29-38)47-32-46(53-52(54-47)36-14-5-2-6-15-36)35-24-22-34(23-25-35)37-26-27-44-43-17-8-10-21-49(43)56-50(44)31-37/h1-32H. The van der Waals surface area contributed by atoms with E-state index < -0.39 is 0 Å². The Bertz CT molecular complexity index is 3240. The van der Waals surface area contributed by atoms with Crippen molar-refractivity contribution in [1.82, 2.24) is 9.97 Å². The van der Waals surface area contributed by atoms with E-state index in [0.717, 1.165) is 72.3 Å². The van der Waals surface area contributed by atoms with Crippen LogP contribution in [-0.4, -0.2) is 9.97 Å². The van der Waals surface area contributed by atoms with E-state index in [1.165, 1.54) is 31.3 Å². The van der Waals surface area contributed by atoms with E-state index in [9.17, 15) is 0 Å². The molecule has 3 aromatic heterocycles. The van der Waals surface area contributed by atoms with E-state index in [1.54, 1.807) is 0 Å². The van der Waals surface area contributed by atoms with Crippen LogP contribution in [0.4, 0.5) is 0 Å². The third kappa shape index (κ3) is 5.67. The van der Waals surface area contributed by atoms with E-state index >= 15 is 0 Å². The Balaban J connectivity index is 1.06. The predicted octanol–water partition coefficient (Wildman–Crippen LogP) is 14.7. The Hall–Kier alpha value is -7.14. The van der Waals surface area contributed by atoms with Gasteiger partial charge in [-0.25, -0.2) is 9.97 Å². The molecule has 0 saturated heterocycles. The summed E-state index contributed by atoms with van der Waals surface area (Å²) in [5.41, 5.74) is 13.2. The molecule has 3 nitrogen and oxygen atoms in total. The minimum absolute atomic E-state index is 0.684. The van der Waals surface area contributed by atoms with Crippen molar-refractivity contribution in [1.29, 1.82) is 0 Å². The second-order valence-electron chi connectivity index (χ2n) is 14.2. The Labute approximate surface area is 327 Å². The van der Waals surface area contributed by atoms with Gasteiger partial charge in [0.15, 0.2) is 5.82 Å². The van der Waals surface area contributed by atoms with Crippen LogP contribution in [0.25, 0.3) is 109 Å². The van der Waals surface area contributed by atoms with Gasteiger partial charge < -0.3 is 4.42 Å². The number of aromatic nitrogens is 2. The van der Waals surface area contributed by atoms with Crippen molar-refractivity contribution in [3.8, 4) is 67.3 Å². The Morgan fingerprint density at radius 2 is 0.929 bits per heavy atom. The van der Waals surface area contributed by atoms with Gasteiger partial charge in [-0.2, -0.15) is 0 Å². The number of furan rings is 1. The number of fused-ring (bicyclic) bond motifs is 6. The molecule has 0 N–H and O–H groups in total. The minimum atomic E-state index is 0.684. The molecule has 0 bridgehead atoms. The maximum Gasteiger partial charge on any atom is 0.160 e. The maximum atomic E-state index is 6.53. The minimum Gasteiger partial charge on any atom is -0.455 e. The van der Waals surface area contributed by atoms with E-state index in [-0.39, 0.29) is 0 Å².